The normalized spacial score (nSPS) is 15.6. The molecule has 0 bridgehead atoms. The Bertz CT molecular complexity index is 2130. The van der Waals surface area contributed by atoms with Crippen LogP contribution in [0, 0.1) is 13.8 Å². The summed E-state index contributed by atoms with van der Waals surface area (Å²) in [5, 5.41) is 13.4. The second-order valence-corrected chi connectivity index (χ2v) is 15.7. The molecule has 2 saturated heterocycles. The van der Waals surface area contributed by atoms with Crippen molar-refractivity contribution in [2.75, 3.05) is 36.8 Å². The number of benzene rings is 4. The molecule has 0 radical (unpaired) electrons. The Morgan fingerprint density at radius 2 is 1.11 bits per heavy atom. The highest BCUT2D eigenvalue weighted by Gasteiger charge is 2.27. The third-order valence-electron chi connectivity index (χ3n) is 10.1. The predicted octanol–water partition coefficient (Wildman–Crippen LogP) is 10.3. The molecule has 0 atom stereocenters. The van der Waals surface area contributed by atoms with Gasteiger partial charge in [0.15, 0.2) is 0 Å². The monoisotopic (exact) mass is 710 g/mol. The van der Waals surface area contributed by atoms with E-state index in [-0.39, 0.29) is 6.09 Å². The van der Waals surface area contributed by atoms with Gasteiger partial charge in [-0.2, -0.15) is 0 Å². The number of hydrogen-bond donors (Lipinski definition) is 5. The highest BCUT2D eigenvalue weighted by atomic mass is 16.6. The SMILES string of the molecule is Cc1cc(NC2CCN(C(=O)OC(C)(C)C)CC2)c2[nH]c(-c3ccccc3)cc2c1.Cc1cc(NC2CCNCC2)c2[nH]c(-c3ccccc3)cc2c1. The molecule has 276 valence electrons. The summed E-state index contributed by atoms with van der Waals surface area (Å²) in [6.07, 6.45) is 3.96. The average molecular weight is 711 g/mol. The lowest BCUT2D eigenvalue weighted by atomic mass is 10.0. The highest BCUT2D eigenvalue weighted by Crippen LogP contribution is 2.33. The first-order valence-corrected chi connectivity index (χ1v) is 19.2. The molecule has 4 aromatic carbocycles. The van der Waals surface area contributed by atoms with Gasteiger partial charge in [0.25, 0.3) is 0 Å². The first-order valence-electron chi connectivity index (χ1n) is 19.2. The second-order valence-electron chi connectivity index (χ2n) is 15.7. The van der Waals surface area contributed by atoms with Crippen LogP contribution in [0.5, 0.6) is 0 Å². The van der Waals surface area contributed by atoms with E-state index in [1.165, 1.54) is 62.8 Å². The molecule has 0 unspecified atom stereocenters. The molecule has 2 fully saturated rings. The minimum Gasteiger partial charge on any atom is -0.444 e. The molecule has 2 aliphatic heterocycles. The maximum absolute atomic E-state index is 12.3. The van der Waals surface area contributed by atoms with Gasteiger partial charge in [0.2, 0.25) is 0 Å². The number of hydrogen-bond acceptors (Lipinski definition) is 5. The van der Waals surface area contributed by atoms with Gasteiger partial charge in [-0.25, -0.2) is 4.79 Å². The number of anilines is 2. The summed E-state index contributed by atoms with van der Waals surface area (Å²) in [7, 11) is 0. The molecule has 6 aromatic rings. The van der Waals surface area contributed by atoms with E-state index in [4.69, 9.17) is 4.74 Å². The third-order valence-corrected chi connectivity index (χ3v) is 10.1. The number of nitrogens with zero attached hydrogens (tertiary/aromatic N) is 1. The molecule has 0 spiro atoms. The fraction of sp³-hybridized carbons (Fsp3) is 0.356. The minimum atomic E-state index is -0.455. The lowest BCUT2D eigenvalue weighted by molar-refractivity contribution is 0.0210. The van der Waals surface area contributed by atoms with Crippen molar-refractivity contribution < 1.29 is 9.53 Å². The van der Waals surface area contributed by atoms with Crippen molar-refractivity contribution in [3.05, 3.63) is 108 Å². The van der Waals surface area contributed by atoms with Crippen LogP contribution in [0.3, 0.4) is 0 Å². The lowest BCUT2D eigenvalue weighted by Gasteiger charge is -2.34. The van der Waals surface area contributed by atoms with E-state index in [0.29, 0.717) is 25.2 Å². The van der Waals surface area contributed by atoms with Gasteiger partial charge in [0, 0.05) is 47.3 Å². The van der Waals surface area contributed by atoms with Crippen LogP contribution in [0.1, 0.15) is 57.6 Å². The molecule has 8 heteroatoms. The van der Waals surface area contributed by atoms with E-state index < -0.39 is 5.60 Å². The number of H-pyrrole nitrogens is 2. The van der Waals surface area contributed by atoms with Gasteiger partial charge < -0.3 is 35.6 Å². The van der Waals surface area contributed by atoms with Crippen molar-refractivity contribution in [2.45, 2.75) is 78.0 Å². The summed E-state index contributed by atoms with van der Waals surface area (Å²) in [6.45, 7) is 13.6. The molecule has 2 aromatic heterocycles. The zero-order valence-corrected chi connectivity index (χ0v) is 31.8. The molecule has 4 heterocycles. The number of fused-ring (bicyclic) bond motifs is 2. The lowest BCUT2D eigenvalue weighted by Crippen LogP contribution is -2.44. The number of piperidine rings is 2. The maximum atomic E-state index is 12.3. The highest BCUT2D eigenvalue weighted by molar-refractivity contribution is 5.96. The summed E-state index contributed by atoms with van der Waals surface area (Å²) in [5.41, 5.74) is 11.5. The summed E-state index contributed by atoms with van der Waals surface area (Å²) < 4.78 is 5.51. The Balaban J connectivity index is 0.000000170. The van der Waals surface area contributed by atoms with E-state index >= 15 is 0 Å². The van der Waals surface area contributed by atoms with Crippen LogP contribution < -0.4 is 16.0 Å². The van der Waals surface area contributed by atoms with E-state index in [2.05, 4.69) is 131 Å². The molecule has 1 amide bonds. The number of aromatic nitrogens is 2. The summed E-state index contributed by atoms with van der Waals surface area (Å²) in [4.78, 5) is 21.4. The Kier molecular flexibility index (Phi) is 10.8. The van der Waals surface area contributed by atoms with E-state index in [0.717, 1.165) is 42.8 Å². The van der Waals surface area contributed by atoms with Gasteiger partial charge in [-0.05, 0) is 132 Å². The Labute approximate surface area is 313 Å². The summed E-state index contributed by atoms with van der Waals surface area (Å²) >= 11 is 0. The van der Waals surface area contributed by atoms with Gasteiger partial charge >= 0.3 is 6.09 Å². The number of amides is 1. The van der Waals surface area contributed by atoms with E-state index in [9.17, 15) is 4.79 Å². The van der Waals surface area contributed by atoms with E-state index in [1.54, 1.807) is 0 Å². The molecule has 8 rings (SSSR count). The molecule has 53 heavy (non-hydrogen) atoms. The molecular weight excluding hydrogens is 657 g/mol. The Morgan fingerprint density at radius 1 is 0.660 bits per heavy atom. The maximum Gasteiger partial charge on any atom is 0.410 e. The van der Waals surface area contributed by atoms with Gasteiger partial charge in [-0.3, -0.25) is 0 Å². The van der Waals surface area contributed by atoms with Crippen molar-refractivity contribution in [3.8, 4) is 22.5 Å². The number of nitrogens with one attached hydrogen (secondary N) is 5. The smallest absolute Gasteiger partial charge is 0.410 e. The van der Waals surface area contributed by atoms with Crippen molar-refractivity contribution in [1.29, 1.82) is 0 Å². The van der Waals surface area contributed by atoms with Crippen molar-refractivity contribution in [1.82, 2.24) is 20.2 Å². The molecule has 0 saturated carbocycles. The molecule has 0 aliphatic carbocycles. The average Bonchev–Trinajstić information content (AvgIpc) is 3.78. The fourth-order valence-corrected chi connectivity index (χ4v) is 7.50. The molecule has 5 N–H and O–H groups in total. The first kappa shape index (κ1) is 36.2. The standard InChI is InChI=1S/C25H31N3O2.C20H23N3/c1-17-14-19-16-21(18-8-6-5-7-9-18)27-23(19)22(15-17)26-20-10-12-28(13-11-20)24(29)30-25(2,3)4;1-14-11-16-13-18(15-5-3-2-4-6-15)23-20(16)19(12-14)22-17-7-9-21-10-8-17/h5-9,14-16,20,26-27H,10-13H2,1-4H3;2-6,11-13,17,21-23H,7-10H2,1H3. The van der Waals surface area contributed by atoms with Gasteiger partial charge in [-0.1, -0.05) is 60.7 Å². The predicted molar refractivity (Wildman–Crippen MR) is 221 cm³/mol. The largest absolute Gasteiger partial charge is 0.444 e. The molecular formula is C45H54N6O2. The minimum absolute atomic E-state index is 0.212. The fourth-order valence-electron chi connectivity index (χ4n) is 7.50. The van der Waals surface area contributed by atoms with Gasteiger partial charge in [-0.15, -0.1) is 0 Å². The number of aryl methyl sites for hydroxylation is 2. The van der Waals surface area contributed by atoms with Crippen LogP contribution in [-0.4, -0.2) is 64.8 Å². The zero-order chi connectivity index (χ0) is 37.0. The quantitative estimate of drug-likeness (QED) is 0.119. The van der Waals surface area contributed by atoms with Crippen LogP contribution in [0.15, 0.2) is 97.1 Å². The van der Waals surface area contributed by atoms with Gasteiger partial charge in [0.05, 0.1) is 22.4 Å². The number of carbonyl (C=O) groups excluding carboxylic acids is 1. The topological polar surface area (TPSA) is 97.2 Å². The van der Waals surface area contributed by atoms with Crippen LogP contribution >= 0.6 is 0 Å². The molecule has 8 nitrogen and oxygen atoms in total. The number of likely N-dealkylation sites (tertiary alicyclic amines) is 1. The van der Waals surface area contributed by atoms with E-state index in [1.807, 2.05) is 31.7 Å². The first-order chi connectivity index (χ1) is 25.6. The van der Waals surface area contributed by atoms with Crippen LogP contribution in [0.2, 0.25) is 0 Å². The number of aromatic amines is 2. The number of rotatable bonds is 6. The van der Waals surface area contributed by atoms with Crippen molar-refractivity contribution in [2.24, 2.45) is 0 Å². The van der Waals surface area contributed by atoms with Crippen LogP contribution in [0.4, 0.5) is 16.2 Å². The second kappa shape index (κ2) is 15.8. The number of ether oxygens (including phenoxy) is 1. The Hall–Kier alpha value is -5.21. The van der Waals surface area contributed by atoms with Crippen molar-refractivity contribution >= 4 is 39.3 Å². The van der Waals surface area contributed by atoms with Crippen molar-refractivity contribution in [3.63, 3.8) is 0 Å². The third kappa shape index (κ3) is 9.06. The van der Waals surface area contributed by atoms with Gasteiger partial charge in [0.1, 0.15) is 5.60 Å². The zero-order valence-electron chi connectivity index (χ0n) is 31.8. The summed E-state index contributed by atoms with van der Waals surface area (Å²) in [6, 6.07) is 35.2. The molecule has 2 aliphatic rings. The number of carbonyl (C=O) groups is 1. The Morgan fingerprint density at radius 3 is 1.57 bits per heavy atom. The summed E-state index contributed by atoms with van der Waals surface area (Å²) in [5.74, 6) is 0. The van der Waals surface area contributed by atoms with Crippen LogP contribution in [0.25, 0.3) is 44.3 Å². The van der Waals surface area contributed by atoms with Crippen LogP contribution in [-0.2, 0) is 4.74 Å².